The molecule has 0 aromatic carbocycles. The van der Waals surface area contributed by atoms with Crippen molar-refractivity contribution in [2.45, 2.75) is 58.9 Å². The Bertz CT molecular complexity index is 122. The van der Waals surface area contributed by atoms with Crippen molar-refractivity contribution in [1.29, 1.82) is 0 Å². The van der Waals surface area contributed by atoms with Gasteiger partial charge in [-0.05, 0) is 38.1 Å². The molecule has 2 unspecified atom stereocenters. The van der Waals surface area contributed by atoms with Crippen LogP contribution in [0.15, 0.2) is 0 Å². The predicted octanol–water partition coefficient (Wildman–Crippen LogP) is 3.22. The van der Waals surface area contributed by atoms with Crippen LogP contribution in [0.2, 0.25) is 0 Å². The lowest BCUT2D eigenvalue weighted by atomic mass is 9.97. The summed E-state index contributed by atoms with van der Waals surface area (Å²) in [5, 5.41) is 3.56. The number of hydrogen-bond donors (Lipinski definition) is 1. The fourth-order valence-corrected chi connectivity index (χ4v) is 1.93. The summed E-state index contributed by atoms with van der Waals surface area (Å²) in [5.74, 6) is 0.794. The van der Waals surface area contributed by atoms with Gasteiger partial charge < -0.3 is 10.1 Å². The van der Waals surface area contributed by atoms with E-state index in [9.17, 15) is 0 Å². The van der Waals surface area contributed by atoms with E-state index in [2.05, 4.69) is 26.1 Å². The molecule has 0 amide bonds. The van der Waals surface area contributed by atoms with Gasteiger partial charge in [0.15, 0.2) is 0 Å². The minimum Gasteiger partial charge on any atom is -0.385 e. The quantitative estimate of drug-likeness (QED) is 0.604. The molecule has 0 aromatic rings. The number of rotatable bonds is 10. The second-order valence-electron chi connectivity index (χ2n) is 4.51. The molecule has 2 atom stereocenters. The van der Waals surface area contributed by atoms with Gasteiger partial charge in [0.25, 0.3) is 0 Å². The van der Waals surface area contributed by atoms with Crippen molar-refractivity contribution in [3.8, 4) is 0 Å². The minimum absolute atomic E-state index is 0.727. The van der Waals surface area contributed by atoms with Crippen molar-refractivity contribution in [3.63, 3.8) is 0 Å². The van der Waals surface area contributed by atoms with Crippen LogP contribution in [0.5, 0.6) is 0 Å². The zero-order chi connectivity index (χ0) is 11.5. The maximum atomic E-state index is 5.10. The molecule has 0 spiro atoms. The van der Waals surface area contributed by atoms with E-state index in [1.807, 2.05) is 0 Å². The van der Waals surface area contributed by atoms with E-state index in [4.69, 9.17) is 4.74 Å². The van der Waals surface area contributed by atoms with Crippen molar-refractivity contribution < 1.29 is 4.74 Å². The average molecular weight is 215 g/mol. The Morgan fingerprint density at radius 3 is 2.33 bits per heavy atom. The molecule has 2 heteroatoms. The van der Waals surface area contributed by atoms with Gasteiger partial charge in [0.05, 0.1) is 0 Å². The van der Waals surface area contributed by atoms with Crippen LogP contribution in [0.1, 0.15) is 52.9 Å². The van der Waals surface area contributed by atoms with Crippen LogP contribution in [0, 0.1) is 5.92 Å². The number of nitrogens with one attached hydrogen (secondary N) is 1. The topological polar surface area (TPSA) is 21.3 Å². The summed E-state index contributed by atoms with van der Waals surface area (Å²) < 4.78 is 5.10. The summed E-state index contributed by atoms with van der Waals surface area (Å²) in [6.45, 7) is 8.78. The van der Waals surface area contributed by atoms with E-state index in [1.165, 1.54) is 32.1 Å². The molecular formula is C13H29NO. The fraction of sp³-hybridized carbons (Fsp3) is 1.00. The van der Waals surface area contributed by atoms with E-state index in [0.717, 1.165) is 25.1 Å². The van der Waals surface area contributed by atoms with E-state index < -0.39 is 0 Å². The Balaban J connectivity index is 3.57. The lowest BCUT2D eigenvalue weighted by molar-refractivity contribution is 0.176. The first-order chi connectivity index (χ1) is 7.24. The van der Waals surface area contributed by atoms with Gasteiger partial charge in [0.1, 0.15) is 0 Å². The van der Waals surface area contributed by atoms with E-state index in [1.54, 1.807) is 7.11 Å². The summed E-state index contributed by atoms with van der Waals surface area (Å²) in [7, 11) is 1.78. The third kappa shape index (κ3) is 8.88. The Morgan fingerprint density at radius 1 is 1.07 bits per heavy atom. The van der Waals surface area contributed by atoms with Crippen LogP contribution in [-0.4, -0.2) is 26.3 Å². The molecule has 92 valence electrons. The second kappa shape index (κ2) is 10.4. The molecule has 0 fully saturated rings. The van der Waals surface area contributed by atoms with E-state index in [-0.39, 0.29) is 0 Å². The van der Waals surface area contributed by atoms with E-state index >= 15 is 0 Å². The van der Waals surface area contributed by atoms with E-state index in [0.29, 0.717) is 0 Å². The van der Waals surface area contributed by atoms with Gasteiger partial charge in [-0.2, -0.15) is 0 Å². The highest BCUT2D eigenvalue weighted by Gasteiger charge is 2.08. The fourth-order valence-electron chi connectivity index (χ4n) is 1.93. The van der Waals surface area contributed by atoms with Crippen molar-refractivity contribution in [2.24, 2.45) is 5.92 Å². The minimum atomic E-state index is 0.727. The smallest absolute Gasteiger partial charge is 0.0464 e. The molecule has 1 N–H and O–H groups in total. The highest BCUT2D eigenvalue weighted by atomic mass is 16.5. The first kappa shape index (κ1) is 14.9. The van der Waals surface area contributed by atoms with Crippen molar-refractivity contribution in [3.05, 3.63) is 0 Å². The van der Waals surface area contributed by atoms with Crippen LogP contribution in [0.25, 0.3) is 0 Å². The van der Waals surface area contributed by atoms with Gasteiger partial charge >= 0.3 is 0 Å². The molecule has 0 saturated carbocycles. The summed E-state index contributed by atoms with van der Waals surface area (Å²) in [5.41, 5.74) is 0. The molecule has 0 bridgehead atoms. The molecule has 0 aliphatic rings. The third-order valence-electron chi connectivity index (χ3n) is 2.95. The van der Waals surface area contributed by atoms with Gasteiger partial charge in [-0.15, -0.1) is 0 Å². The van der Waals surface area contributed by atoms with Crippen LogP contribution in [0.3, 0.4) is 0 Å². The SMILES string of the molecule is CCCC(CCC(C)CCOC)NCC. The predicted molar refractivity (Wildman–Crippen MR) is 67.3 cm³/mol. The van der Waals surface area contributed by atoms with Crippen LogP contribution < -0.4 is 5.32 Å². The monoisotopic (exact) mass is 215 g/mol. The Kier molecular flexibility index (Phi) is 10.4. The maximum absolute atomic E-state index is 5.10. The van der Waals surface area contributed by atoms with Crippen molar-refractivity contribution in [2.75, 3.05) is 20.3 Å². The molecule has 2 nitrogen and oxygen atoms in total. The first-order valence-electron chi connectivity index (χ1n) is 6.46. The summed E-state index contributed by atoms with van der Waals surface area (Å²) in [6, 6.07) is 0.727. The zero-order valence-corrected chi connectivity index (χ0v) is 11.0. The zero-order valence-electron chi connectivity index (χ0n) is 11.0. The van der Waals surface area contributed by atoms with Gasteiger partial charge in [-0.25, -0.2) is 0 Å². The van der Waals surface area contributed by atoms with Gasteiger partial charge in [-0.3, -0.25) is 0 Å². The second-order valence-corrected chi connectivity index (χ2v) is 4.51. The number of ether oxygens (including phenoxy) is 1. The average Bonchev–Trinajstić information content (AvgIpc) is 2.23. The highest BCUT2D eigenvalue weighted by molar-refractivity contribution is 4.67. The Morgan fingerprint density at radius 2 is 1.80 bits per heavy atom. The summed E-state index contributed by atoms with van der Waals surface area (Å²) >= 11 is 0. The Labute approximate surface area is 95.8 Å². The molecule has 0 aromatic heterocycles. The standard InChI is InChI=1S/C13H29NO/c1-5-7-13(14-6-2)9-8-12(3)10-11-15-4/h12-14H,5-11H2,1-4H3. The number of methoxy groups -OCH3 is 1. The molecule has 0 aliphatic heterocycles. The lowest BCUT2D eigenvalue weighted by Crippen LogP contribution is -2.29. The molecule has 15 heavy (non-hydrogen) atoms. The third-order valence-corrected chi connectivity index (χ3v) is 2.95. The van der Waals surface area contributed by atoms with Crippen molar-refractivity contribution in [1.82, 2.24) is 5.32 Å². The Hall–Kier alpha value is -0.0800. The molecule has 0 saturated heterocycles. The molecule has 0 heterocycles. The molecular weight excluding hydrogens is 186 g/mol. The summed E-state index contributed by atoms with van der Waals surface area (Å²) in [6.07, 6.45) is 6.42. The lowest BCUT2D eigenvalue weighted by Gasteiger charge is -2.19. The van der Waals surface area contributed by atoms with Crippen molar-refractivity contribution >= 4 is 0 Å². The molecule has 0 aliphatic carbocycles. The van der Waals surface area contributed by atoms with Gasteiger partial charge in [-0.1, -0.05) is 27.2 Å². The molecule has 0 radical (unpaired) electrons. The largest absolute Gasteiger partial charge is 0.385 e. The number of hydrogen-bond acceptors (Lipinski definition) is 2. The first-order valence-corrected chi connectivity index (χ1v) is 6.46. The normalized spacial score (nSPS) is 15.2. The van der Waals surface area contributed by atoms with Gasteiger partial charge in [0.2, 0.25) is 0 Å². The summed E-state index contributed by atoms with van der Waals surface area (Å²) in [4.78, 5) is 0. The van der Waals surface area contributed by atoms with Crippen LogP contribution in [0.4, 0.5) is 0 Å². The van der Waals surface area contributed by atoms with Gasteiger partial charge in [0, 0.05) is 19.8 Å². The molecule has 0 rings (SSSR count). The van der Waals surface area contributed by atoms with Crippen LogP contribution in [-0.2, 0) is 4.74 Å². The maximum Gasteiger partial charge on any atom is 0.0464 e. The van der Waals surface area contributed by atoms with Crippen LogP contribution >= 0.6 is 0 Å². The highest BCUT2D eigenvalue weighted by Crippen LogP contribution is 2.14.